The van der Waals surface area contributed by atoms with E-state index in [2.05, 4.69) is 34.8 Å². The van der Waals surface area contributed by atoms with E-state index in [0.29, 0.717) is 6.42 Å². The third-order valence-corrected chi connectivity index (χ3v) is 5.04. The first-order valence-electron chi connectivity index (χ1n) is 6.23. The Kier molecular flexibility index (Phi) is 3.10. The number of ketones is 1. The van der Waals surface area contributed by atoms with Crippen molar-refractivity contribution in [3.8, 4) is 10.6 Å². The Hall–Kier alpha value is -1.00. The van der Waals surface area contributed by atoms with Crippen molar-refractivity contribution in [1.29, 1.82) is 0 Å². The van der Waals surface area contributed by atoms with Crippen LogP contribution in [0.3, 0.4) is 0 Å². The highest BCUT2D eigenvalue weighted by Gasteiger charge is 2.33. The number of nitrogens with zero attached hydrogens (tertiary/aromatic N) is 1. The van der Waals surface area contributed by atoms with Crippen molar-refractivity contribution in [2.24, 2.45) is 5.41 Å². The Morgan fingerprint density at radius 1 is 1.21 bits per heavy atom. The van der Waals surface area contributed by atoms with Gasteiger partial charge >= 0.3 is 0 Å². The molecule has 2 aromatic rings. The first-order valence-corrected chi connectivity index (χ1v) is 7.84. The summed E-state index contributed by atoms with van der Waals surface area (Å²) in [5, 5.41) is 0.948. The number of hydrogen-bond acceptors (Lipinski definition) is 3. The highest BCUT2D eigenvalue weighted by molar-refractivity contribution is 9.10. The maximum atomic E-state index is 12.2. The number of aromatic nitrogens is 1. The second kappa shape index (κ2) is 4.53. The van der Waals surface area contributed by atoms with E-state index in [-0.39, 0.29) is 11.2 Å². The molecule has 3 rings (SSSR count). The Morgan fingerprint density at radius 3 is 2.58 bits per heavy atom. The second-order valence-electron chi connectivity index (χ2n) is 5.74. The number of Topliss-reactive ketones (excluding diaryl/α,β-unsaturated/α-hetero) is 1. The number of thiazole rings is 1. The molecule has 0 N–H and O–H groups in total. The molecule has 0 bridgehead atoms. The van der Waals surface area contributed by atoms with Crippen molar-refractivity contribution in [1.82, 2.24) is 4.98 Å². The van der Waals surface area contributed by atoms with E-state index in [9.17, 15) is 4.79 Å². The van der Waals surface area contributed by atoms with Crippen LogP contribution in [0.4, 0.5) is 0 Å². The van der Waals surface area contributed by atoms with Crippen LogP contribution in [0.25, 0.3) is 10.6 Å². The lowest BCUT2D eigenvalue weighted by molar-refractivity contribution is 0.0916. The molecular formula is C15H14BrNOS. The molecule has 0 radical (unpaired) electrons. The molecule has 0 unspecified atom stereocenters. The van der Waals surface area contributed by atoms with Crippen LogP contribution in [-0.4, -0.2) is 10.8 Å². The van der Waals surface area contributed by atoms with Gasteiger partial charge in [-0.2, -0.15) is 0 Å². The summed E-state index contributed by atoms with van der Waals surface area (Å²) in [6, 6.07) is 8.07. The smallest absolute Gasteiger partial charge is 0.175 e. The molecule has 0 saturated carbocycles. The summed E-state index contributed by atoms with van der Waals surface area (Å²) < 4.78 is 1.05. The van der Waals surface area contributed by atoms with E-state index in [4.69, 9.17) is 0 Å². The van der Waals surface area contributed by atoms with Gasteiger partial charge in [-0.3, -0.25) is 4.79 Å². The van der Waals surface area contributed by atoms with Gasteiger partial charge in [0.1, 0.15) is 5.01 Å². The lowest BCUT2D eigenvalue weighted by atomic mass is 9.78. The standard InChI is InChI=1S/C15H14BrNOS/c1-15(2)7-11-13(12(18)8-15)19-14(17-11)9-3-5-10(16)6-4-9/h3-6H,7-8H2,1-2H3. The molecule has 1 aliphatic carbocycles. The van der Waals surface area contributed by atoms with Crippen molar-refractivity contribution >= 4 is 33.0 Å². The van der Waals surface area contributed by atoms with Crippen LogP contribution in [-0.2, 0) is 6.42 Å². The third kappa shape index (κ3) is 2.51. The quantitative estimate of drug-likeness (QED) is 0.754. The minimum atomic E-state index is 0.0368. The van der Waals surface area contributed by atoms with Gasteiger partial charge in [-0.25, -0.2) is 4.98 Å². The number of carbonyl (C=O) groups is 1. The van der Waals surface area contributed by atoms with Crippen LogP contribution >= 0.6 is 27.3 Å². The van der Waals surface area contributed by atoms with Gasteiger partial charge in [0.25, 0.3) is 0 Å². The van der Waals surface area contributed by atoms with Crippen LogP contribution < -0.4 is 0 Å². The number of benzene rings is 1. The summed E-state index contributed by atoms with van der Waals surface area (Å²) in [6.45, 7) is 4.26. The van der Waals surface area contributed by atoms with Crippen molar-refractivity contribution in [2.75, 3.05) is 0 Å². The van der Waals surface area contributed by atoms with Gasteiger partial charge in [-0.15, -0.1) is 11.3 Å². The zero-order chi connectivity index (χ0) is 13.6. The molecule has 1 heterocycles. The van der Waals surface area contributed by atoms with E-state index in [0.717, 1.165) is 32.0 Å². The predicted molar refractivity (Wildman–Crippen MR) is 81.7 cm³/mol. The fraction of sp³-hybridized carbons (Fsp3) is 0.333. The largest absolute Gasteiger partial charge is 0.293 e. The van der Waals surface area contributed by atoms with E-state index in [1.165, 1.54) is 11.3 Å². The van der Waals surface area contributed by atoms with Gasteiger partial charge in [0.2, 0.25) is 0 Å². The highest BCUT2D eigenvalue weighted by atomic mass is 79.9. The average molecular weight is 336 g/mol. The lowest BCUT2D eigenvalue weighted by Crippen LogP contribution is -2.25. The minimum absolute atomic E-state index is 0.0368. The third-order valence-electron chi connectivity index (χ3n) is 3.33. The minimum Gasteiger partial charge on any atom is -0.293 e. The summed E-state index contributed by atoms with van der Waals surface area (Å²) >= 11 is 4.96. The molecule has 0 saturated heterocycles. The topological polar surface area (TPSA) is 30.0 Å². The summed E-state index contributed by atoms with van der Waals surface area (Å²) in [6.07, 6.45) is 1.52. The number of hydrogen-bond donors (Lipinski definition) is 0. The molecule has 0 amide bonds. The van der Waals surface area contributed by atoms with Gasteiger partial charge < -0.3 is 0 Å². The number of carbonyl (C=O) groups excluding carboxylic acids is 1. The lowest BCUT2D eigenvalue weighted by Gasteiger charge is -2.26. The Bertz CT molecular complexity index is 643. The van der Waals surface area contributed by atoms with E-state index in [1.54, 1.807) is 0 Å². The average Bonchev–Trinajstić information content (AvgIpc) is 2.72. The Morgan fingerprint density at radius 2 is 1.89 bits per heavy atom. The van der Waals surface area contributed by atoms with Crippen LogP contribution in [0, 0.1) is 5.41 Å². The number of rotatable bonds is 1. The monoisotopic (exact) mass is 335 g/mol. The van der Waals surface area contributed by atoms with E-state index >= 15 is 0 Å². The summed E-state index contributed by atoms with van der Waals surface area (Å²) in [4.78, 5) is 17.7. The van der Waals surface area contributed by atoms with Gasteiger partial charge in [0.15, 0.2) is 5.78 Å². The predicted octanol–water partition coefficient (Wildman–Crippen LogP) is 4.73. The number of halogens is 1. The van der Waals surface area contributed by atoms with Crippen LogP contribution in [0.1, 0.15) is 35.6 Å². The SMILES string of the molecule is CC1(C)CC(=O)c2sc(-c3ccc(Br)cc3)nc2C1. The fourth-order valence-corrected chi connectivity index (χ4v) is 3.73. The van der Waals surface area contributed by atoms with E-state index in [1.807, 2.05) is 24.3 Å². The molecule has 19 heavy (non-hydrogen) atoms. The van der Waals surface area contributed by atoms with Crippen molar-refractivity contribution < 1.29 is 4.79 Å². The van der Waals surface area contributed by atoms with Gasteiger partial charge in [0.05, 0.1) is 10.6 Å². The zero-order valence-electron chi connectivity index (χ0n) is 10.9. The molecule has 0 spiro atoms. The number of fused-ring (bicyclic) bond motifs is 1. The second-order valence-corrected chi connectivity index (χ2v) is 7.66. The summed E-state index contributed by atoms with van der Waals surface area (Å²) in [5.74, 6) is 0.243. The molecule has 1 aromatic heterocycles. The molecule has 0 aliphatic heterocycles. The Labute approximate surface area is 125 Å². The molecule has 1 aliphatic rings. The highest BCUT2D eigenvalue weighted by Crippen LogP contribution is 2.39. The van der Waals surface area contributed by atoms with E-state index < -0.39 is 0 Å². The van der Waals surface area contributed by atoms with Crippen molar-refractivity contribution in [3.05, 3.63) is 39.3 Å². The molecule has 4 heteroatoms. The maximum absolute atomic E-state index is 12.2. The molecule has 2 nitrogen and oxygen atoms in total. The molecular weight excluding hydrogens is 322 g/mol. The van der Waals surface area contributed by atoms with Crippen LogP contribution in [0.15, 0.2) is 28.7 Å². The summed E-state index contributed by atoms with van der Waals surface area (Å²) in [5.41, 5.74) is 2.09. The molecule has 98 valence electrons. The first kappa shape index (κ1) is 13.0. The normalized spacial score (nSPS) is 17.3. The van der Waals surface area contributed by atoms with Crippen LogP contribution in [0.2, 0.25) is 0 Å². The van der Waals surface area contributed by atoms with Gasteiger partial charge in [-0.1, -0.05) is 41.9 Å². The fourth-order valence-electron chi connectivity index (χ4n) is 2.44. The van der Waals surface area contributed by atoms with Gasteiger partial charge in [0, 0.05) is 16.5 Å². The van der Waals surface area contributed by atoms with Gasteiger partial charge in [-0.05, 0) is 24.0 Å². The van der Waals surface area contributed by atoms with Crippen LogP contribution in [0.5, 0.6) is 0 Å². The van der Waals surface area contributed by atoms with Crippen molar-refractivity contribution in [2.45, 2.75) is 26.7 Å². The zero-order valence-corrected chi connectivity index (χ0v) is 13.3. The van der Waals surface area contributed by atoms with Crippen molar-refractivity contribution in [3.63, 3.8) is 0 Å². The summed E-state index contributed by atoms with van der Waals surface area (Å²) in [7, 11) is 0. The maximum Gasteiger partial charge on any atom is 0.175 e. The molecule has 0 atom stereocenters. The molecule has 0 fully saturated rings. The molecule has 1 aromatic carbocycles. The Balaban J connectivity index is 2.03. The first-order chi connectivity index (χ1) is 8.94.